The molecule has 0 saturated heterocycles. The Hall–Kier alpha value is -4.05. The van der Waals surface area contributed by atoms with Crippen LogP contribution >= 0.6 is 0 Å². The average Bonchev–Trinajstić information content (AvgIpc) is 3.15. The van der Waals surface area contributed by atoms with E-state index in [1.807, 2.05) is 19.9 Å². The van der Waals surface area contributed by atoms with Crippen molar-refractivity contribution in [1.29, 1.82) is 0 Å². The van der Waals surface area contributed by atoms with Crippen molar-refractivity contribution in [3.05, 3.63) is 69.9 Å². The topological polar surface area (TPSA) is 116 Å². The molecular weight excluding hydrogens is 434 g/mol. The predicted molar refractivity (Wildman–Crippen MR) is 128 cm³/mol. The van der Waals surface area contributed by atoms with Crippen LogP contribution in [0.15, 0.2) is 47.5 Å². The fourth-order valence-corrected chi connectivity index (χ4v) is 4.23. The Labute approximate surface area is 195 Å². The van der Waals surface area contributed by atoms with E-state index in [9.17, 15) is 9.59 Å². The van der Waals surface area contributed by atoms with Gasteiger partial charge in [-0.2, -0.15) is 4.98 Å². The van der Waals surface area contributed by atoms with Gasteiger partial charge in [0.15, 0.2) is 5.65 Å². The van der Waals surface area contributed by atoms with E-state index in [-0.39, 0.29) is 17.3 Å². The van der Waals surface area contributed by atoms with E-state index in [0.29, 0.717) is 22.7 Å². The lowest BCUT2D eigenvalue weighted by Gasteiger charge is -2.18. The number of methoxy groups -OCH3 is 1. The number of hydrogen-bond donors (Lipinski definition) is 2. The Morgan fingerprint density at radius 1 is 1.18 bits per heavy atom. The van der Waals surface area contributed by atoms with Gasteiger partial charge in [-0.25, -0.2) is 24.1 Å². The second kappa shape index (κ2) is 8.71. The van der Waals surface area contributed by atoms with Crippen LogP contribution < -0.4 is 16.2 Å². The molecule has 4 heterocycles. The third-order valence-corrected chi connectivity index (χ3v) is 5.84. The molecule has 0 spiro atoms. The first-order valence-electron chi connectivity index (χ1n) is 11.1. The largest absolute Gasteiger partial charge is 0.464 e. The minimum Gasteiger partial charge on any atom is -0.464 e. The summed E-state index contributed by atoms with van der Waals surface area (Å²) in [6.07, 6.45) is 4.04. The molecule has 1 aliphatic heterocycles. The van der Waals surface area contributed by atoms with Crippen LogP contribution in [-0.4, -0.2) is 43.9 Å². The summed E-state index contributed by atoms with van der Waals surface area (Å²) in [7, 11) is 1.30. The first-order chi connectivity index (χ1) is 16.5. The molecule has 5 rings (SSSR count). The lowest BCUT2D eigenvalue weighted by Crippen LogP contribution is -2.24. The maximum absolute atomic E-state index is 13.2. The SMILES string of the molecule is COC(=O)c1cc(-n2c3nc(Nc4ccc5c(c4)CNCC5)ncc3c(=O)n2C(C)C)ccn1. The highest BCUT2D eigenvalue weighted by molar-refractivity contribution is 5.88. The quantitative estimate of drug-likeness (QED) is 0.438. The van der Waals surface area contributed by atoms with Gasteiger partial charge in [0.25, 0.3) is 5.56 Å². The lowest BCUT2D eigenvalue weighted by molar-refractivity contribution is 0.0594. The first kappa shape index (κ1) is 21.8. The van der Waals surface area contributed by atoms with Crippen LogP contribution in [0.4, 0.5) is 11.6 Å². The number of carbonyl (C=O) groups excluding carboxylic acids is 1. The van der Waals surface area contributed by atoms with Gasteiger partial charge in [0, 0.05) is 30.7 Å². The zero-order chi connectivity index (χ0) is 23.8. The van der Waals surface area contributed by atoms with Crippen molar-refractivity contribution in [2.45, 2.75) is 32.9 Å². The molecule has 0 atom stereocenters. The average molecular weight is 460 g/mol. The second-order valence-corrected chi connectivity index (χ2v) is 8.41. The van der Waals surface area contributed by atoms with E-state index in [0.717, 1.165) is 25.2 Å². The molecular formula is C24H25N7O3. The van der Waals surface area contributed by atoms with E-state index < -0.39 is 5.97 Å². The molecule has 4 aromatic rings. The van der Waals surface area contributed by atoms with Crippen LogP contribution in [0.25, 0.3) is 16.7 Å². The molecule has 2 N–H and O–H groups in total. The molecule has 10 heteroatoms. The molecule has 0 aliphatic carbocycles. The molecule has 1 aliphatic rings. The number of anilines is 2. The van der Waals surface area contributed by atoms with Crippen LogP contribution in [0.5, 0.6) is 0 Å². The summed E-state index contributed by atoms with van der Waals surface area (Å²) >= 11 is 0. The summed E-state index contributed by atoms with van der Waals surface area (Å²) in [6.45, 7) is 5.63. The molecule has 174 valence electrons. The van der Waals surface area contributed by atoms with Crippen LogP contribution in [0.2, 0.25) is 0 Å². The molecule has 10 nitrogen and oxygen atoms in total. The van der Waals surface area contributed by atoms with Gasteiger partial charge >= 0.3 is 5.97 Å². The number of esters is 1. The van der Waals surface area contributed by atoms with Crippen LogP contribution in [0.1, 0.15) is 41.5 Å². The van der Waals surface area contributed by atoms with E-state index in [1.165, 1.54) is 30.6 Å². The first-order valence-corrected chi connectivity index (χ1v) is 11.1. The number of hydrogen-bond acceptors (Lipinski definition) is 8. The smallest absolute Gasteiger partial charge is 0.356 e. The number of ether oxygens (including phenoxy) is 1. The van der Waals surface area contributed by atoms with E-state index in [1.54, 1.807) is 21.5 Å². The third kappa shape index (κ3) is 3.81. The number of nitrogens with zero attached hydrogens (tertiary/aromatic N) is 5. The number of pyridine rings is 1. The zero-order valence-electron chi connectivity index (χ0n) is 19.2. The Balaban J connectivity index is 1.62. The van der Waals surface area contributed by atoms with E-state index in [4.69, 9.17) is 4.74 Å². The standard InChI is InChI=1S/C24H25N7O3/c1-14(2)30-22(32)19-13-27-24(28-17-5-4-15-6-8-25-12-16(15)10-17)29-21(19)31(30)18-7-9-26-20(11-18)23(33)34-3/h4-5,7,9-11,13-14,25H,6,8,12H2,1-3H3,(H,27,28,29). The molecule has 0 bridgehead atoms. The minimum absolute atomic E-state index is 0.139. The normalized spacial score (nSPS) is 13.2. The van der Waals surface area contributed by atoms with Crippen molar-refractivity contribution < 1.29 is 9.53 Å². The maximum atomic E-state index is 13.2. The van der Waals surface area contributed by atoms with Crippen molar-refractivity contribution in [1.82, 2.24) is 29.6 Å². The third-order valence-electron chi connectivity index (χ3n) is 5.84. The van der Waals surface area contributed by atoms with Crippen molar-refractivity contribution in [3.8, 4) is 5.69 Å². The van der Waals surface area contributed by atoms with Gasteiger partial charge in [0.2, 0.25) is 5.95 Å². The van der Waals surface area contributed by atoms with Crippen LogP contribution in [-0.2, 0) is 17.7 Å². The lowest BCUT2D eigenvalue weighted by atomic mass is 10.0. The van der Waals surface area contributed by atoms with Crippen molar-refractivity contribution >= 4 is 28.6 Å². The molecule has 0 unspecified atom stereocenters. The number of benzene rings is 1. The number of fused-ring (bicyclic) bond motifs is 2. The van der Waals surface area contributed by atoms with Gasteiger partial charge in [0.1, 0.15) is 11.1 Å². The van der Waals surface area contributed by atoms with Gasteiger partial charge in [0.05, 0.1) is 12.8 Å². The summed E-state index contributed by atoms with van der Waals surface area (Å²) in [5, 5.41) is 7.02. The van der Waals surface area contributed by atoms with Crippen LogP contribution in [0, 0.1) is 0 Å². The molecule has 34 heavy (non-hydrogen) atoms. The van der Waals surface area contributed by atoms with Crippen LogP contribution in [0.3, 0.4) is 0 Å². The van der Waals surface area contributed by atoms with Gasteiger partial charge in [-0.3, -0.25) is 4.79 Å². The summed E-state index contributed by atoms with van der Waals surface area (Å²) < 4.78 is 8.09. The van der Waals surface area contributed by atoms with Crippen molar-refractivity contribution in [2.24, 2.45) is 0 Å². The fraction of sp³-hybridized carbons (Fsp3) is 0.292. The summed E-state index contributed by atoms with van der Waals surface area (Å²) in [5.74, 6) is -0.191. The number of nitrogens with one attached hydrogen (secondary N) is 2. The Bertz CT molecular complexity index is 1450. The highest BCUT2D eigenvalue weighted by atomic mass is 16.5. The van der Waals surface area contributed by atoms with Gasteiger partial charge in [-0.1, -0.05) is 6.07 Å². The molecule has 0 saturated carbocycles. The molecule has 1 aromatic carbocycles. The van der Waals surface area contributed by atoms with E-state index >= 15 is 0 Å². The number of aromatic nitrogens is 5. The molecule has 0 amide bonds. The number of rotatable bonds is 5. The second-order valence-electron chi connectivity index (χ2n) is 8.41. The molecule has 3 aromatic heterocycles. The summed E-state index contributed by atoms with van der Waals surface area (Å²) in [5.41, 5.74) is 4.37. The van der Waals surface area contributed by atoms with Gasteiger partial charge in [-0.05, 0) is 62.2 Å². The minimum atomic E-state index is -0.560. The van der Waals surface area contributed by atoms with E-state index in [2.05, 4.69) is 37.7 Å². The Morgan fingerprint density at radius 3 is 2.82 bits per heavy atom. The monoisotopic (exact) mass is 459 g/mol. The Kier molecular flexibility index (Phi) is 5.58. The summed E-state index contributed by atoms with van der Waals surface area (Å²) in [4.78, 5) is 38.4. The number of carbonyl (C=O) groups is 1. The van der Waals surface area contributed by atoms with Crippen molar-refractivity contribution in [3.63, 3.8) is 0 Å². The fourth-order valence-electron chi connectivity index (χ4n) is 4.23. The predicted octanol–water partition coefficient (Wildman–Crippen LogP) is 2.73. The molecule has 0 radical (unpaired) electrons. The summed E-state index contributed by atoms with van der Waals surface area (Å²) in [6, 6.07) is 9.35. The Morgan fingerprint density at radius 2 is 2.03 bits per heavy atom. The van der Waals surface area contributed by atoms with Gasteiger partial charge in [-0.15, -0.1) is 0 Å². The highest BCUT2D eigenvalue weighted by Crippen LogP contribution is 2.23. The zero-order valence-corrected chi connectivity index (χ0v) is 19.2. The highest BCUT2D eigenvalue weighted by Gasteiger charge is 2.21. The van der Waals surface area contributed by atoms with Gasteiger partial charge < -0.3 is 15.4 Å². The molecule has 0 fully saturated rings. The van der Waals surface area contributed by atoms with Crippen molar-refractivity contribution in [2.75, 3.05) is 19.0 Å². The maximum Gasteiger partial charge on any atom is 0.356 e.